The van der Waals surface area contributed by atoms with Gasteiger partial charge in [0.15, 0.2) is 5.60 Å². The summed E-state index contributed by atoms with van der Waals surface area (Å²) in [5.74, 6) is -0.403. The molecule has 0 saturated carbocycles. The van der Waals surface area contributed by atoms with E-state index in [0.717, 1.165) is 17.0 Å². The summed E-state index contributed by atoms with van der Waals surface area (Å²) in [6.45, 7) is 5.81. The van der Waals surface area contributed by atoms with E-state index >= 15 is 0 Å². The molecule has 6 nitrogen and oxygen atoms in total. The Morgan fingerprint density at radius 2 is 2.12 bits per heavy atom. The summed E-state index contributed by atoms with van der Waals surface area (Å²) in [7, 11) is 0. The third-order valence-corrected chi connectivity index (χ3v) is 4.69. The minimum atomic E-state index is -1.25. The Bertz CT molecular complexity index is 787. The highest BCUT2D eigenvalue weighted by molar-refractivity contribution is 7.15. The van der Waals surface area contributed by atoms with Crippen LogP contribution in [0.5, 0.6) is 0 Å². The van der Waals surface area contributed by atoms with Crippen LogP contribution < -0.4 is 5.32 Å². The van der Waals surface area contributed by atoms with Crippen molar-refractivity contribution in [3.8, 4) is 0 Å². The van der Waals surface area contributed by atoms with Gasteiger partial charge in [0.1, 0.15) is 5.01 Å². The molecule has 0 bridgehead atoms. The van der Waals surface area contributed by atoms with E-state index in [2.05, 4.69) is 29.4 Å². The molecule has 0 saturated heterocycles. The number of hydrogen-bond donors (Lipinski definition) is 1. The third-order valence-electron chi connectivity index (χ3n) is 3.83. The van der Waals surface area contributed by atoms with Gasteiger partial charge in [-0.3, -0.25) is 10.1 Å². The molecule has 2 heterocycles. The van der Waals surface area contributed by atoms with Crippen molar-refractivity contribution in [1.29, 1.82) is 0 Å². The predicted molar refractivity (Wildman–Crippen MR) is 91.0 cm³/mol. The van der Waals surface area contributed by atoms with Crippen molar-refractivity contribution in [1.82, 2.24) is 10.2 Å². The Morgan fingerprint density at radius 3 is 2.88 bits per heavy atom. The minimum absolute atomic E-state index is 0.332. The fourth-order valence-corrected chi connectivity index (χ4v) is 3.57. The monoisotopic (exact) mass is 345 g/mol. The number of amides is 1. The van der Waals surface area contributed by atoms with E-state index in [0.29, 0.717) is 23.0 Å². The first-order chi connectivity index (χ1) is 11.4. The largest absolute Gasteiger partial charge is 0.445 e. The predicted octanol–water partition coefficient (Wildman–Crippen LogP) is 2.85. The molecule has 1 aliphatic heterocycles. The molecule has 1 aromatic carbocycles. The molecule has 1 unspecified atom stereocenters. The topological polar surface area (TPSA) is 81.2 Å². The van der Waals surface area contributed by atoms with Crippen LogP contribution in [-0.2, 0) is 22.4 Å². The van der Waals surface area contributed by atoms with Crippen molar-refractivity contribution in [3.63, 3.8) is 0 Å². The number of anilines is 1. The van der Waals surface area contributed by atoms with Gasteiger partial charge in [-0.25, -0.2) is 4.79 Å². The standard InChI is InChI=1S/C17H19N3O3S/c1-10(2)8-13-19-20-16(24-13)18-15(22)17(3)9-11-6-4-5-7-12(11)14(21)23-17/h4-7,10H,8-9H2,1-3H3,(H,18,20,22). The first kappa shape index (κ1) is 16.6. The number of ether oxygens (including phenoxy) is 1. The molecule has 1 amide bonds. The Balaban J connectivity index is 1.75. The van der Waals surface area contributed by atoms with Gasteiger partial charge in [-0.2, -0.15) is 0 Å². The molecule has 1 aliphatic rings. The van der Waals surface area contributed by atoms with E-state index in [1.165, 1.54) is 11.3 Å². The maximum absolute atomic E-state index is 12.6. The number of fused-ring (bicyclic) bond motifs is 1. The summed E-state index contributed by atoms with van der Waals surface area (Å²) < 4.78 is 5.41. The normalized spacial score (nSPS) is 19.8. The Morgan fingerprint density at radius 1 is 1.38 bits per heavy atom. The second-order valence-electron chi connectivity index (χ2n) is 6.51. The van der Waals surface area contributed by atoms with Crippen LogP contribution in [0.25, 0.3) is 0 Å². The molecule has 0 radical (unpaired) electrons. The maximum Gasteiger partial charge on any atom is 0.339 e. The van der Waals surface area contributed by atoms with Crippen molar-refractivity contribution in [2.24, 2.45) is 5.92 Å². The second kappa shape index (κ2) is 6.32. The Labute approximate surface area is 144 Å². The summed E-state index contributed by atoms with van der Waals surface area (Å²) in [5, 5.41) is 12.1. The Kier molecular flexibility index (Phi) is 4.36. The van der Waals surface area contributed by atoms with Crippen LogP contribution in [0.1, 0.15) is 41.7 Å². The van der Waals surface area contributed by atoms with Gasteiger partial charge in [0, 0.05) is 12.8 Å². The molecule has 3 rings (SSSR count). The van der Waals surface area contributed by atoms with Crippen LogP contribution in [0.2, 0.25) is 0 Å². The number of nitrogens with zero attached hydrogens (tertiary/aromatic N) is 2. The van der Waals surface area contributed by atoms with Crippen LogP contribution in [-0.4, -0.2) is 27.7 Å². The average Bonchev–Trinajstić information content (AvgIpc) is 2.93. The van der Waals surface area contributed by atoms with Crippen molar-refractivity contribution in [3.05, 3.63) is 40.4 Å². The molecule has 2 aromatic rings. The SMILES string of the molecule is CC(C)Cc1nnc(NC(=O)C2(C)Cc3ccccc3C(=O)O2)s1. The van der Waals surface area contributed by atoms with Gasteiger partial charge in [-0.05, 0) is 24.5 Å². The maximum atomic E-state index is 12.6. The zero-order valence-corrected chi connectivity index (χ0v) is 14.6. The molecule has 1 N–H and O–H groups in total. The molecule has 24 heavy (non-hydrogen) atoms. The first-order valence-electron chi connectivity index (χ1n) is 7.82. The molecule has 0 spiro atoms. The fraction of sp³-hybridized carbons (Fsp3) is 0.412. The number of rotatable bonds is 4. The molecular formula is C17H19N3O3S. The van der Waals surface area contributed by atoms with Gasteiger partial charge in [0.05, 0.1) is 5.56 Å². The summed E-state index contributed by atoms with van der Waals surface area (Å²) >= 11 is 1.34. The number of carbonyl (C=O) groups is 2. The van der Waals surface area contributed by atoms with Crippen LogP contribution in [0.3, 0.4) is 0 Å². The minimum Gasteiger partial charge on any atom is -0.445 e. The Hall–Kier alpha value is -2.28. The second-order valence-corrected chi connectivity index (χ2v) is 7.57. The van der Waals surface area contributed by atoms with Gasteiger partial charge in [0.25, 0.3) is 5.91 Å². The molecule has 7 heteroatoms. The quantitative estimate of drug-likeness (QED) is 0.862. The highest BCUT2D eigenvalue weighted by Gasteiger charge is 2.42. The number of benzene rings is 1. The highest BCUT2D eigenvalue weighted by Crippen LogP contribution is 2.29. The zero-order valence-electron chi connectivity index (χ0n) is 13.8. The molecular weight excluding hydrogens is 326 g/mol. The van der Waals surface area contributed by atoms with E-state index in [4.69, 9.17) is 4.74 Å². The van der Waals surface area contributed by atoms with Crippen LogP contribution in [0.15, 0.2) is 24.3 Å². The van der Waals surface area contributed by atoms with Crippen LogP contribution in [0.4, 0.5) is 5.13 Å². The molecule has 0 aliphatic carbocycles. The molecule has 0 fully saturated rings. The van der Waals surface area contributed by atoms with Crippen molar-refractivity contribution in [2.75, 3.05) is 5.32 Å². The number of cyclic esters (lactones) is 1. The van der Waals surface area contributed by atoms with Crippen LogP contribution >= 0.6 is 11.3 Å². The van der Waals surface area contributed by atoms with E-state index in [-0.39, 0.29) is 0 Å². The third kappa shape index (κ3) is 3.31. The number of nitrogens with one attached hydrogen (secondary N) is 1. The van der Waals surface area contributed by atoms with Crippen molar-refractivity contribution in [2.45, 2.75) is 39.2 Å². The van der Waals surface area contributed by atoms with Gasteiger partial charge in [-0.1, -0.05) is 43.4 Å². The van der Waals surface area contributed by atoms with E-state index in [1.54, 1.807) is 19.1 Å². The number of hydrogen-bond acceptors (Lipinski definition) is 6. The summed E-state index contributed by atoms with van der Waals surface area (Å²) in [6.07, 6.45) is 1.14. The van der Waals surface area contributed by atoms with Crippen LogP contribution in [0, 0.1) is 5.92 Å². The smallest absolute Gasteiger partial charge is 0.339 e. The zero-order chi connectivity index (χ0) is 17.3. The lowest BCUT2D eigenvalue weighted by molar-refractivity contribution is -0.134. The number of carbonyl (C=O) groups excluding carboxylic acids is 2. The van der Waals surface area contributed by atoms with Crippen molar-refractivity contribution >= 4 is 28.3 Å². The van der Waals surface area contributed by atoms with E-state index < -0.39 is 17.5 Å². The fourth-order valence-electron chi connectivity index (χ4n) is 2.62. The van der Waals surface area contributed by atoms with Crippen molar-refractivity contribution < 1.29 is 14.3 Å². The van der Waals surface area contributed by atoms with E-state index in [1.807, 2.05) is 12.1 Å². The lowest BCUT2D eigenvalue weighted by atomic mass is 9.89. The molecule has 1 atom stereocenters. The van der Waals surface area contributed by atoms with E-state index in [9.17, 15) is 9.59 Å². The van der Waals surface area contributed by atoms with Gasteiger partial charge >= 0.3 is 5.97 Å². The lowest BCUT2D eigenvalue weighted by Crippen LogP contribution is -2.48. The average molecular weight is 345 g/mol. The molecule has 1 aromatic heterocycles. The summed E-state index contributed by atoms with van der Waals surface area (Å²) in [6, 6.07) is 7.17. The summed E-state index contributed by atoms with van der Waals surface area (Å²) in [5.41, 5.74) is 0.0667. The van der Waals surface area contributed by atoms with Gasteiger partial charge in [-0.15, -0.1) is 10.2 Å². The summed E-state index contributed by atoms with van der Waals surface area (Å²) in [4.78, 5) is 24.8. The van der Waals surface area contributed by atoms with Gasteiger partial charge in [0.2, 0.25) is 5.13 Å². The lowest BCUT2D eigenvalue weighted by Gasteiger charge is -2.32. The first-order valence-corrected chi connectivity index (χ1v) is 8.64. The number of aromatic nitrogens is 2. The molecule has 126 valence electrons. The highest BCUT2D eigenvalue weighted by atomic mass is 32.1. The van der Waals surface area contributed by atoms with Gasteiger partial charge < -0.3 is 4.74 Å². The number of esters is 1.